The smallest absolute Gasteiger partial charge is 0.274 e. The predicted molar refractivity (Wildman–Crippen MR) is 73.0 cm³/mol. The molecule has 1 aromatic rings. The molecule has 5 nitrogen and oxygen atoms in total. The fraction of sp³-hybridized carbons (Fsp3) is 0.714. The van der Waals surface area contributed by atoms with E-state index in [0.29, 0.717) is 17.8 Å². The summed E-state index contributed by atoms with van der Waals surface area (Å²) in [6.45, 7) is 7.10. The van der Waals surface area contributed by atoms with E-state index >= 15 is 0 Å². The SMILES string of the molecule is Cc1[nH]cnc1C(=O)N1CC(N2CCCCC2C)C1. The van der Waals surface area contributed by atoms with E-state index in [-0.39, 0.29) is 5.91 Å². The van der Waals surface area contributed by atoms with Crippen LogP contribution < -0.4 is 0 Å². The van der Waals surface area contributed by atoms with Crippen LogP contribution in [-0.2, 0) is 0 Å². The summed E-state index contributed by atoms with van der Waals surface area (Å²) in [6, 6.07) is 1.22. The fourth-order valence-electron chi connectivity index (χ4n) is 3.22. The van der Waals surface area contributed by atoms with Gasteiger partial charge in [-0.05, 0) is 33.2 Å². The van der Waals surface area contributed by atoms with E-state index in [2.05, 4.69) is 21.8 Å². The van der Waals surface area contributed by atoms with Gasteiger partial charge in [0.05, 0.1) is 6.33 Å². The Morgan fingerprint density at radius 1 is 1.42 bits per heavy atom. The Kier molecular flexibility index (Phi) is 3.31. The molecule has 0 saturated carbocycles. The van der Waals surface area contributed by atoms with Crippen LogP contribution >= 0.6 is 0 Å². The third-order valence-electron chi connectivity index (χ3n) is 4.51. The van der Waals surface area contributed by atoms with Crippen molar-refractivity contribution in [2.24, 2.45) is 0 Å². The van der Waals surface area contributed by atoms with E-state index in [0.717, 1.165) is 18.8 Å². The Morgan fingerprint density at radius 2 is 2.21 bits per heavy atom. The number of rotatable bonds is 2. The van der Waals surface area contributed by atoms with Crippen LogP contribution in [0.5, 0.6) is 0 Å². The summed E-state index contributed by atoms with van der Waals surface area (Å²) in [5.74, 6) is 0.0691. The summed E-state index contributed by atoms with van der Waals surface area (Å²) in [5.41, 5.74) is 1.44. The average Bonchev–Trinajstić information content (AvgIpc) is 2.76. The molecule has 104 valence electrons. The van der Waals surface area contributed by atoms with Gasteiger partial charge in [0.25, 0.3) is 5.91 Å². The Balaban J connectivity index is 1.58. The quantitative estimate of drug-likeness (QED) is 0.877. The molecule has 2 aliphatic heterocycles. The number of nitrogens with zero attached hydrogens (tertiary/aromatic N) is 3. The van der Waals surface area contributed by atoms with E-state index in [9.17, 15) is 4.79 Å². The van der Waals surface area contributed by atoms with E-state index in [1.54, 1.807) is 6.33 Å². The fourth-order valence-corrected chi connectivity index (χ4v) is 3.22. The highest BCUT2D eigenvalue weighted by Crippen LogP contribution is 2.25. The number of aromatic nitrogens is 2. The molecule has 0 radical (unpaired) electrons. The lowest BCUT2D eigenvalue weighted by Gasteiger charge is -2.49. The summed E-state index contributed by atoms with van der Waals surface area (Å²) in [5, 5.41) is 0. The Bertz CT molecular complexity index is 464. The zero-order valence-electron chi connectivity index (χ0n) is 11.7. The molecule has 2 fully saturated rings. The molecule has 0 aromatic carbocycles. The van der Waals surface area contributed by atoms with Crippen LogP contribution in [0.15, 0.2) is 6.33 Å². The van der Waals surface area contributed by atoms with Crippen molar-refractivity contribution < 1.29 is 4.79 Å². The highest BCUT2D eigenvalue weighted by molar-refractivity contribution is 5.93. The number of likely N-dealkylation sites (tertiary alicyclic amines) is 2. The van der Waals surface area contributed by atoms with Crippen molar-refractivity contribution in [3.63, 3.8) is 0 Å². The highest BCUT2D eigenvalue weighted by Gasteiger charge is 2.38. The number of nitrogens with one attached hydrogen (secondary N) is 1. The van der Waals surface area contributed by atoms with Gasteiger partial charge >= 0.3 is 0 Å². The molecule has 1 amide bonds. The summed E-state index contributed by atoms with van der Waals surface area (Å²) in [6.07, 6.45) is 5.53. The molecule has 5 heteroatoms. The summed E-state index contributed by atoms with van der Waals surface area (Å²) >= 11 is 0. The monoisotopic (exact) mass is 262 g/mol. The molecule has 0 spiro atoms. The zero-order valence-corrected chi connectivity index (χ0v) is 11.7. The first-order valence-corrected chi connectivity index (χ1v) is 7.22. The third kappa shape index (κ3) is 2.27. The van der Waals surface area contributed by atoms with Gasteiger partial charge in [-0.25, -0.2) is 4.98 Å². The van der Waals surface area contributed by atoms with Gasteiger partial charge in [-0.1, -0.05) is 6.42 Å². The molecule has 0 bridgehead atoms. The number of imidazole rings is 1. The minimum Gasteiger partial charge on any atom is -0.348 e. The number of H-pyrrole nitrogens is 1. The molecule has 2 aliphatic rings. The van der Waals surface area contributed by atoms with E-state index < -0.39 is 0 Å². The van der Waals surface area contributed by atoms with Crippen molar-refractivity contribution in [3.05, 3.63) is 17.7 Å². The molecule has 1 atom stereocenters. The molecule has 3 rings (SSSR count). The standard InChI is InChI=1S/C14H22N4O/c1-10-5-3-4-6-18(10)12-7-17(8-12)14(19)13-11(2)15-9-16-13/h9-10,12H,3-8H2,1-2H3,(H,15,16). The van der Waals surface area contributed by atoms with Gasteiger partial charge in [-0.15, -0.1) is 0 Å². The normalized spacial score (nSPS) is 25.4. The number of carbonyl (C=O) groups excluding carboxylic acids is 1. The van der Waals surface area contributed by atoms with Gasteiger partial charge < -0.3 is 9.88 Å². The number of piperidine rings is 1. The maximum Gasteiger partial charge on any atom is 0.274 e. The topological polar surface area (TPSA) is 52.2 Å². The zero-order chi connectivity index (χ0) is 13.4. The number of aryl methyl sites for hydroxylation is 1. The number of hydrogen-bond acceptors (Lipinski definition) is 3. The van der Waals surface area contributed by atoms with Crippen molar-refractivity contribution in [1.82, 2.24) is 19.8 Å². The maximum atomic E-state index is 12.2. The highest BCUT2D eigenvalue weighted by atomic mass is 16.2. The van der Waals surface area contributed by atoms with Crippen LogP contribution in [0.2, 0.25) is 0 Å². The minimum absolute atomic E-state index is 0.0691. The lowest BCUT2D eigenvalue weighted by Crippen LogP contribution is -2.63. The molecule has 0 aliphatic carbocycles. The van der Waals surface area contributed by atoms with E-state index in [1.807, 2.05) is 11.8 Å². The van der Waals surface area contributed by atoms with Crippen LogP contribution in [0, 0.1) is 6.92 Å². The first-order chi connectivity index (χ1) is 9.16. The Labute approximate surface area is 114 Å². The van der Waals surface area contributed by atoms with Gasteiger partial charge in [-0.3, -0.25) is 9.69 Å². The number of carbonyl (C=O) groups is 1. The Hall–Kier alpha value is -1.36. The van der Waals surface area contributed by atoms with Gasteiger partial charge in [-0.2, -0.15) is 0 Å². The summed E-state index contributed by atoms with van der Waals surface area (Å²) in [7, 11) is 0. The van der Waals surface area contributed by atoms with Crippen LogP contribution in [0.4, 0.5) is 0 Å². The van der Waals surface area contributed by atoms with E-state index in [4.69, 9.17) is 0 Å². The average molecular weight is 262 g/mol. The second-order valence-electron chi connectivity index (χ2n) is 5.82. The van der Waals surface area contributed by atoms with Gasteiger partial charge in [0.2, 0.25) is 0 Å². The van der Waals surface area contributed by atoms with Crippen molar-refractivity contribution >= 4 is 5.91 Å². The second kappa shape index (κ2) is 4.96. The maximum absolute atomic E-state index is 12.2. The van der Waals surface area contributed by atoms with Crippen LogP contribution in [0.3, 0.4) is 0 Å². The Morgan fingerprint density at radius 3 is 2.84 bits per heavy atom. The molecule has 1 N–H and O–H groups in total. The largest absolute Gasteiger partial charge is 0.348 e. The van der Waals surface area contributed by atoms with Crippen LogP contribution in [0.1, 0.15) is 42.4 Å². The van der Waals surface area contributed by atoms with Crippen molar-refractivity contribution in [2.75, 3.05) is 19.6 Å². The molecule has 1 aromatic heterocycles. The minimum atomic E-state index is 0.0691. The third-order valence-corrected chi connectivity index (χ3v) is 4.51. The molecule has 19 heavy (non-hydrogen) atoms. The van der Waals surface area contributed by atoms with Crippen LogP contribution in [0.25, 0.3) is 0 Å². The van der Waals surface area contributed by atoms with Gasteiger partial charge in [0.15, 0.2) is 0 Å². The van der Waals surface area contributed by atoms with Gasteiger partial charge in [0, 0.05) is 30.9 Å². The molecule has 1 unspecified atom stereocenters. The molecular formula is C14H22N4O. The number of aromatic amines is 1. The molecule has 3 heterocycles. The first-order valence-electron chi connectivity index (χ1n) is 7.22. The molecular weight excluding hydrogens is 240 g/mol. The summed E-state index contributed by atoms with van der Waals surface area (Å²) in [4.78, 5) is 23.8. The number of hydrogen-bond donors (Lipinski definition) is 1. The molecule has 2 saturated heterocycles. The van der Waals surface area contributed by atoms with Crippen LogP contribution in [-0.4, -0.2) is 57.4 Å². The van der Waals surface area contributed by atoms with Gasteiger partial charge in [0.1, 0.15) is 5.69 Å². The van der Waals surface area contributed by atoms with Crippen molar-refractivity contribution in [2.45, 2.75) is 45.2 Å². The second-order valence-corrected chi connectivity index (χ2v) is 5.82. The lowest BCUT2D eigenvalue weighted by molar-refractivity contribution is 0.00180. The predicted octanol–water partition coefficient (Wildman–Crippen LogP) is 1.42. The summed E-state index contributed by atoms with van der Waals surface area (Å²) < 4.78 is 0. The lowest BCUT2D eigenvalue weighted by atomic mass is 9.97. The van der Waals surface area contributed by atoms with Crippen molar-refractivity contribution in [1.29, 1.82) is 0 Å². The number of amides is 1. The van der Waals surface area contributed by atoms with Crippen molar-refractivity contribution in [3.8, 4) is 0 Å². The first kappa shape index (κ1) is 12.7. The van der Waals surface area contributed by atoms with E-state index in [1.165, 1.54) is 25.8 Å².